The molecule has 0 fully saturated rings. The van der Waals surface area contributed by atoms with Crippen LogP contribution >= 0.6 is 0 Å². The minimum atomic E-state index is -1.25. The first-order valence-electron chi connectivity index (χ1n) is 7.50. The van der Waals surface area contributed by atoms with E-state index in [1.807, 2.05) is 37.3 Å². The molecule has 0 amide bonds. The van der Waals surface area contributed by atoms with Crippen LogP contribution in [0.5, 0.6) is 0 Å². The quantitative estimate of drug-likeness (QED) is 0.608. The summed E-state index contributed by atoms with van der Waals surface area (Å²) >= 11 is 0. The van der Waals surface area contributed by atoms with Gasteiger partial charge in [-0.05, 0) is 48.7 Å². The fraction of sp³-hybridized carbons (Fsp3) is 0.235. The Hall–Kier alpha value is -2.02. The van der Waals surface area contributed by atoms with Crippen molar-refractivity contribution in [1.29, 1.82) is 0 Å². The molecule has 2 aromatic heterocycles. The minimum absolute atomic E-state index is 0.0945. The third-order valence-electron chi connectivity index (χ3n) is 3.61. The Balaban J connectivity index is 1.85. The van der Waals surface area contributed by atoms with Crippen molar-refractivity contribution in [3.05, 3.63) is 48.3 Å². The molecule has 6 heteroatoms. The van der Waals surface area contributed by atoms with Gasteiger partial charge in [-0.1, -0.05) is 12.1 Å². The third kappa shape index (κ3) is 3.50. The largest absolute Gasteiger partial charge is 0.396 e. The zero-order valence-electron chi connectivity index (χ0n) is 12.9. The van der Waals surface area contributed by atoms with E-state index in [4.69, 9.17) is 5.11 Å². The highest BCUT2D eigenvalue weighted by Gasteiger charge is 2.08. The van der Waals surface area contributed by atoms with Crippen LogP contribution in [0, 0.1) is 6.92 Å². The van der Waals surface area contributed by atoms with Crippen LogP contribution in [0.4, 0.5) is 0 Å². The second-order valence-corrected chi connectivity index (χ2v) is 6.64. The van der Waals surface area contributed by atoms with Gasteiger partial charge in [0.15, 0.2) is 0 Å². The molecule has 5 nitrogen and oxygen atoms in total. The molecule has 0 aliphatic carbocycles. The summed E-state index contributed by atoms with van der Waals surface area (Å²) in [5, 5.41) is 9.84. The van der Waals surface area contributed by atoms with Gasteiger partial charge in [-0.2, -0.15) is 0 Å². The van der Waals surface area contributed by atoms with Crippen LogP contribution in [-0.4, -0.2) is 32.4 Å². The SMILES string of the molecule is Cc1cc2c(-c3ccc(S(=O)NCCCO)cc3)ccnc2[nH]1. The predicted octanol–water partition coefficient (Wildman–Crippen LogP) is 2.53. The van der Waals surface area contributed by atoms with Crippen molar-refractivity contribution in [2.45, 2.75) is 18.2 Å². The van der Waals surface area contributed by atoms with E-state index in [1.165, 1.54) is 0 Å². The summed E-state index contributed by atoms with van der Waals surface area (Å²) in [4.78, 5) is 8.30. The maximum atomic E-state index is 12.1. The molecule has 3 aromatic rings. The summed E-state index contributed by atoms with van der Waals surface area (Å²) in [6.07, 6.45) is 2.38. The molecular formula is C17H19N3O2S. The average molecular weight is 329 g/mol. The van der Waals surface area contributed by atoms with Crippen molar-refractivity contribution in [2.24, 2.45) is 0 Å². The first kappa shape index (κ1) is 15.9. The van der Waals surface area contributed by atoms with Crippen LogP contribution in [0.3, 0.4) is 0 Å². The molecule has 3 rings (SSSR count). The molecule has 3 N–H and O–H groups in total. The van der Waals surface area contributed by atoms with E-state index >= 15 is 0 Å². The molecule has 1 atom stereocenters. The maximum Gasteiger partial charge on any atom is 0.138 e. The molecule has 23 heavy (non-hydrogen) atoms. The van der Waals surface area contributed by atoms with Crippen molar-refractivity contribution < 1.29 is 9.32 Å². The number of benzene rings is 1. The summed E-state index contributed by atoms with van der Waals surface area (Å²) in [5.41, 5.74) is 4.11. The number of pyridine rings is 1. The Morgan fingerprint density at radius 2 is 2.04 bits per heavy atom. The standard InChI is InChI=1S/C17H19N3O2S/c1-12-11-16-15(7-9-18-17(16)20-12)13-3-5-14(6-4-13)23(22)19-8-2-10-21/h3-7,9,11,19,21H,2,8,10H2,1H3,(H,18,20). The van der Waals surface area contributed by atoms with Gasteiger partial charge in [0.2, 0.25) is 0 Å². The summed E-state index contributed by atoms with van der Waals surface area (Å²) in [6.45, 7) is 2.63. The number of aromatic amines is 1. The lowest BCUT2D eigenvalue weighted by Crippen LogP contribution is -2.19. The van der Waals surface area contributed by atoms with E-state index in [9.17, 15) is 4.21 Å². The summed E-state index contributed by atoms with van der Waals surface area (Å²) in [5.74, 6) is 0. The Morgan fingerprint density at radius 1 is 1.26 bits per heavy atom. The van der Waals surface area contributed by atoms with E-state index in [1.54, 1.807) is 6.20 Å². The van der Waals surface area contributed by atoms with Crippen LogP contribution in [0.2, 0.25) is 0 Å². The fourth-order valence-electron chi connectivity index (χ4n) is 2.50. The average Bonchev–Trinajstić information content (AvgIpc) is 2.95. The van der Waals surface area contributed by atoms with Crippen molar-refractivity contribution in [2.75, 3.05) is 13.2 Å². The minimum Gasteiger partial charge on any atom is -0.396 e. The van der Waals surface area contributed by atoms with E-state index in [-0.39, 0.29) is 6.61 Å². The molecule has 0 saturated carbocycles. The molecule has 0 bridgehead atoms. The summed E-state index contributed by atoms with van der Waals surface area (Å²) in [7, 11) is -1.25. The number of aromatic nitrogens is 2. The number of hydrogen-bond donors (Lipinski definition) is 3. The Bertz CT molecular complexity index is 827. The molecule has 0 saturated heterocycles. The highest BCUT2D eigenvalue weighted by atomic mass is 32.2. The Kier molecular flexibility index (Phi) is 4.85. The van der Waals surface area contributed by atoms with Crippen LogP contribution in [0.15, 0.2) is 47.5 Å². The van der Waals surface area contributed by atoms with Gasteiger partial charge in [-0.15, -0.1) is 0 Å². The normalized spacial score (nSPS) is 12.6. The lowest BCUT2D eigenvalue weighted by atomic mass is 10.0. The van der Waals surface area contributed by atoms with E-state index in [0.29, 0.717) is 13.0 Å². The van der Waals surface area contributed by atoms with E-state index in [2.05, 4.69) is 20.8 Å². The molecule has 0 aliphatic rings. The van der Waals surface area contributed by atoms with Gasteiger partial charge in [-0.25, -0.2) is 13.9 Å². The van der Waals surface area contributed by atoms with Crippen LogP contribution in [0.1, 0.15) is 12.1 Å². The molecule has 0 aliphatic heterocycles. The lowest BCUT2D eigenvalue weighted by Gasteiger charge is -2.06. The first-order valence-corrected chi connectivity index (χ1v) is 8.65. The Labute approximate surface area is 137 Å². The van der Waals surface area contributed by atoms with Gasteiger partial charge in [0, 0.05) is 30.4 Å². The van der Waals surface area contributed by atoms with Gasteiger partial charge in [0.25, 0.3) is 0 Å². The van der Waals surface area contributed by atoms with Gasteiger partial charge in [0.1, 0.15) is 16.6 Å². The Morgan fingerprint density at radius 3 is 2.78 bits per heavy atom. The number of nitrogens with one attached hydrogen (secondary N) is 2. The smallest absolute Gasteiger partial charge is 0.138 e. The molecule has 1 unspecified atom stereocenters. The van der Waals surface area contributed by atoms with Gasteiger partial charge < -0.3 is 10.1 Å². The second kappa shape index (κ2) is 7.04. The van der Waals surface area contributed by atoms with E-state index < -0.39 is 11.0 Å². The molecule has 2 heterocycles. The number of aliphatic hydroxyl groups is 1. The maximum absolute atomic E-state index is 12.1. The zero-order chi connectivity index (χ0) is 16.2. The zero-order valence-corrected chi connectivity index (χ0v) is 13.7. The number of nitrogens with zero attached hydrogens (tertiary/aromatic N) is 1. The fourth-order valence-corrected chi connectivity index (χ4v) is 3.38. The number of fused-ring (bicyclic) bond motifs is 1. The summed E-state index contributed by atoms with van der Waals surface area (Å²) in [6, 6.07) is 11.7. The first-order chi connectivity index (χ1) is 11.2. The van der Waals surface area contributed by atoms with Crippen molar-refractivity contribution >= 4 is 22.0 Å². The molecule has 1 aromatic carbocycles. The monoisotopic (exact) mass is 329 g/mol. The number of aliphatic hydroxyl groups excluding tert-OH is 1. The van der Waals surface area contributed by atoms with Crippen molar-refractivity contribution in [1.82, 2.24) is 14.7 Å². The number of H-pyrrole nitrogens is 1. The van der Waals surface area contributed by atoms with Crippen LogP contribution in [-0.2, 0) is 11.0 Å². The highest BCUT2D eigenvalue weighted by molar-refractivity contribution is 7.83. The lowest BCUT2D eigenvalue weighted by molar-refractivity contribution is 0.289. The van der Waals surface area contributed by atoms with E-state index in [0.717, 1.165) is 32.7 Å². The second-order valence-electron chi connectivity index (χ2n) is 5.34. The summed E-state index contributed by atoms with van der Waals surface area (Å²) < 4.78 is 15.0. The van der Waals surface area contributed by atoms with Crippen LogP contribution in [0.25, 0.3) is 22.2 Å². The van der Waals surface area contributed by atoms with Crippen LogP contribution < -0.4 is 4.72 Å². The number of hydrogen-bond acceptors (Lipinski definition) is 3. The van der Waals surface area contributed by atoms with Gasteiger partial charge >= 0.3 is 0 Å². The van der Waals surface area contributed by atoms with Gasteiger partial charge in [0.05, 0.1) is 4.90 Å². The van der Waals surface area contributed by atoms with Crippen molar-refractivity contribution in [3.63, 3.8) is 0 Å². The molecule has 0 spiro atoms. The highest BCUT2D eigenvalue weighted by Crippen LogP contribution is 2.28. The number of aryl methyl sites for hydroxylation is 1. The predicted molar refractivity (Wildman–Crippen MR) is 92.4 cm³/mol. The molecule has 0 radical (unpaired) electrons. The number of rotatable bonds is 6. The molecular weight excluding hydrogens is 310 g/mol. The topological polar surface area (TPSA) is 78.0 Å². The van der Waals surface area contributed by atoms with Gasteiger partial charge in [-0.3, -0.25) is 0 Å². The van der Waals surface area contributed by atoms with Crippen molar-refractivity contribution in [3.8, 4) is 11.1 Å². The third-order valence-corrected chi connectivity index (χ3v) is 4.78. The molecule has 120 valence electrons.